The lowest BCUT2D eigenvalue weighted by Crippen LogP contribution is -2.37. The van der Waals surface area contributed by atoms with Crippen LogP contribution in [0.2, 0.25) is 0 Å². The molecule has 1 amide bonds. The fraction of sp³-hybridized carbons (Fsp3) is 0.258. The molecule has 0 saturated heterocycles. The van der Waals surface area contributed by atoms with Crippen molar-refractivity contribution in [1.82, 2.24) is 29.5 Å². The van der Waals surface area contributed by atoms with Crippen molar-refractivity contribution in [3.05, 3.63) is 79.0 Å². The number of carbonyl (C=O) groups is 1. The van der Waals surface area contributed by atoms with E-state index in [-0.39, 0.29) is 5.91 Å². The van der Waals surface area contributed by atoms with E-state index in [0.29, 0.717) is 41.8 Å². The number of aromatic nitrogens is 5. The summed E-state index contributed by atoms with van der Waals surface area (Å²) in [5.41, 5.74) is 3.90. The topological polar surface area (TPSA) is 110 Å². The second-order valence-electron chi connectivity index (χ2n) is 9.89. The molecule has 0 unspecified atom stereocenters. The van der Waals surface area contributed by atoms with Crippen molar-refractivity contribution in [1.29, 1.82) is 0 Å². The van der Waals surface area contributed by atoms with Crippen LogP contribution in [-0.2, 0) is 4.79 Å². The molecule has 214 valence electrons. The fourth-order valence-corrected chi connectivity index (χ4v) is 4.99. The molecule has 0 atom stereocenters. The number of likely N-dealkylation sites (N-methyl/N-ethyl adjacent to an activating group) is 1. The Morgan fingerprint density at radius 1 is 1.10 bits per heavy atom. The van der Waals surface area contributed by atoms with Gasteiger partial charge < -0.3 is 24.6 Å². The first-order valence-corrected chi connectivity index (χ1v) is 14.0. The smallest absolute Gasteiger partial charge is 0.250 e. The Hall–Kier alpha value is -5.03. The first kappa shape index (κ1) is 27.2. The summed E-state index contributed by atoms with van der Waals surface area (Å²) in [7, 11) is 0. The van der Waals surface area contributed by atoms with Crippen LogP contribution >= 0.6 is 0 Å². The number of fused-ring (bicyclic) bond motifs is 4. The number of ether oxygens (including phenoxy) is 2. The summed E-state index contributed by atoms with van der Waals surface area (Å²) in [6, 6.07) is 13.3. The third-order valence-electron chi connectivity index (χ3n) is 7.29. The molecule has 4 heterocycles. The van der Waals surface area contributed by atoms with Crippen LogP contribution in [0.4, 0.5) is 17.2 Å². The quantitative estimate of drug-likeness (QED) is 0.243. The van der Waals surface area contributed by atoms with Gasteiger partial charge in [-0.15, -0.1) is 0 Å². The van der Waals surface area contributed by atoms with Gasteiger partial charge in [0, 0.05) is 30.6 Å². The van der Waals surface area contributed by atoms with E-state index in [1.807, 2.05) is 61.7 Å². The van der Waals surface area contributed by atoms with E-state index in [4.69, 9.17) is 9.47 Å². The molecule has 0 spiro atoms. The summed E-state index contributed by atoms with van der Waals surface area (Å²) < 4.78 is 13.9. The number of benzene rings is 2. The SMILES string of the molecule is CCN(CC)C/C=C/C(=O)N1CCOc2c1ccc1ncnc(Nc3ccc(Oc4ccn5ncnc5c4)c(C)c3)c21. The second-order valence-corrected chi connectivity index (χ2v) is 9.89. The van der Waals surface area contributed by atoms with Crippen LogP contribution in [0.25, 0.3) is 16.6 Å². The summed E-state index contributed by atoms with van der Waals surface area (Å²) in [5, 5.41) is 8.26. The van der Waals surface area contributed by atoms with Crippen molar-refractivity contribution in [3.63, 3.8) is 0 Å². The molecule has 1 N–H and O–H groups in total. The molecule has 6 rings (SSSR count). The van der Waals surface area contributed by atoms with Crippen molar-refractivity contribution in [2.24, 2.45) is 0 Å². The number of carbonyl (C=O) groups excluding carboxylic acids is 1. The Kier molecular flexibility index (Phi) is 7.65. The first-order chi connectivity index (χ1) is 20.5. The van der Waals surface area contributed by atoms with Gasteiger partial charge in [0.2, 0.25) is 0 Å². The average Bonchev–Trinajstić information content (AvgIpc) is 3.48. The molecular formula is C31H32N8O3. The number of rotatable bonds is 9. The van der Waals surface area contributed by atoms with Crippen molar-refractivity contribution in [2.45, 2.75) is 20.8 Å². The van der Waals surface area contributed by atoms with Gasteiger partial charge in [-0.05, 0) is 62.0 Å². The van der Waals surface area contributed by atoms with Crippen LogP contribution in [0.1, 0.15) is 19.4 Å². The van der Waals surface area contributed by atoms with Crippen molar-refractivity contribution >= 4 is 39.6 Å². The molecule has 0 radical (unpaired) electrons. The van der Waals surface area contributed by atoms with Crippen LogP contribution in [-0.4, -0.2) is 68.2 Å². The summed E-state index contributed by atoms with van der Waals surface area (Å²) in [6.07, 6.45) is 8.40. The molecule has 0 saturated carbocycles. The molecular weight excluding hydrogens is 532 g/mol. The van der Waals surface area contributed by atoms with Crippen LogP contribution in [0.3, 0.4) is 0 Å². The highest BCUT2D eigenvalue weighted by Crippen LogP contribution is 2.41. The highest BCUT2D eigenvalue weighted by Gasteiger charge is 2.26. The van der Waals surface area contributed by atoms with E-state index >= 15 is 0 Å². The van der Waals surface area contributed by atoms with Crippen LogP contribution in [0, 0.1) is 6.92 Å². The third-order valence-corrected chi connectivity index (χ3v) is 7.29. The highest BCUT2D eigenvalue weighted by molar-refractivity contribution is 6.07. The highest BCUT2D eigenvalue weighted by atomic mass is 16.5. The van der Waals surface area contributed by atoms with Crippen LogP contribution in [0.5, 0.6) is 17.2 Å². The van der Waals surface area contributed by atoms with Gasteiger partial charge >= 0.3 is 0 Å². The predicted molar refractivity (Wildman–Crippen MR) is 162 cm³/mol. The van der Waals surface area contributed by atoms with Gasteiger partial charge in [0.05, 0.1) is 23.1 Å². The zero-order valence-electron chi connectivity index (χ0n) is 23.8. The Balaban J connectivity index is 1.25. The van der Waals surface area contributed by atoms with Gasteiger partial charge in [-0.3, -0.25) is 4.79 Å². The van der Waals surface area contributed by atoms with E-state index in [9.17, 15) is 4.79 Å². The lowest BCUT2D eigenvalue weighted by atomic mass is 10.1. The van der Waals surface area contributed by atoms with E-state index in [0.717, 1.165) is 47.5 Å². The summed E-state index contributed by atoms with van der Waals surface area (Å²) in [4.78, 5) is 30.4. The molecule has 1 aliphatic heterocycles. The maximum atomic E-state index is 13.2. The summed E-state index contributed by atoms with van der Waals surface area (Å²) in [6.45, 7) is 9.66. The fourth-order valence-electron chi connectivity index (χ4n) is 4.99. The molecule has 0 fully saturated rings. The Morgan fingerprint density at radius 3 is 2.81 bits per heavy atom. The number of nitrogens with one attached hydrogen (secondary N) is 1. The minimum Gasteiger partial charge on any atom is -0.489 e. The molecule has 42 heavy (non-hydrogen) atoms. The zero-order chi connectivity index (χ0) is 29.1. The van der Waals surface area contributed by atoms with Crippen molar-refractivity contribution in [3.8, 4) is 17.2 Å². The molecule has 11 heteroatoms. The predicted octanol–water partition coefficient (Wildman–Crippen LogP) is 5.14. The van der Waals surface area contributed by atoms with Gasteiger partial charge in [0.1, 0.15) is 36.6 Å². The monoisotopic (exact) mass is 564 g/mol. The number of pyridine rings is 1. The average molecular weight is 565 g/mol. The zero-order valence-corrected chi connectivity index (χ0v) is 23.8. The summed E-state index contributed by atoms with van der Waals surface area (Å²) >= 11 is 0. The number of amides is 1. The third kappa shape index (κ3) is 5.46. The maximum Gasteiger partial charge on any atom is 0.250 e. The Labute approximate surface area is 243 Å². The largest absolute Gasteiger partial charge is 0.489 e. The Bertz CT molecular complexity index is 1780. The van der Waals surface area contributed by atoms with Crippen LogP contribution < -0.4 is 19.7 Å². The van der Waals surface area contributed by atoms with E-state index in [2.05, 4.69) is 44.1 Å². The van der Waals surface area contributed by atoms with E-state index in [1.165, 1.54) is 12.7 Å². The number of hydrogen-bond donors (Lipinski definition) is 1. The summed E-state index contributed by atoms with van der Waals surface area (Å²) in [5.74, 6) is 2.50. The minimum absolute atomic E-state index is 0.0770. The maximum absolute atomic E-state index is 13.2. The number of aryl methyl sites for hydroxylation is 1. The molecule has 5 aromatic rings. The Morgan fingerprint density at radius 2 is 1.98 bits per heavy atom. The molecule has 0 aliphatic carbocycles. The minimum atomic E-state index is -0.0770. The second kappa shape index (κ2) is 11.8. The molecule has 1 aliphatic rings. The molecule has 3 aromatic heterocycles. The number of anilines is 3. The lowest BCUT2D eigenvalue weighted by molar-refractivity contribution is -0.114. The van der Waals surface area contributed by atoms with Crippen molar-refractivity contribution < 1.29 is 14.3 Å². The number of hydrogen-bond acceptors (Lipinski definition) is 9. The first-order valence-electron chi connectivity index (χ1n) is 14.0. The lowest BCUT2D eigenvalue weighted by Gasteiger charge is -2.30. The van der Waals surface area contributed by atoms with Gasteiger partial charge in [0.15, 0.2) is 11.4 Å². The normalized spacial score (nSPS) is 13.1. The molecule has 11 nitrogen and oxygen atoms in total. The van der Waals surface area contributed by atoms with Gasteiger partial charge in [-0.25, -0.2) is 19.5 Å². The standard InChI is InChI=1S/C31H32N8O3/c1-4-37(5-2)13-6-7-28(40)38-15-16-41-30-25(38)10-9-24-29(30)31(34-19-32-24)36-22-8-11-26(21(3)17-22)42-23-12-14-39-27(18-23)33-20-35-39/h6-12,14,17-20H,4-5,13,15-16H2,1-3H3,(H,32,34,36)/b7-6+. The van der Waals surface area contributed by atoms with Gasteiger partial charge in [-0.2, -0.15) is 5.10 Å². The molecule has 2 aromatic carbocycles. The van der Waals surface area contributed by atoms with Gasteiger partial charge in [-0.1, -0.05) is 19.9 Å². The van der Waals surface area contributed by atoms with Gasteiger partial charge in [0.25, 0.3) is 5.91 Å². The number of nitrogens with zero attached hydrogens (tertiary/aromatic N) is 7. The van der Waals surface area contributed by atoms with Crippen LogP contribution in [0.15, 0.2) is 73.5 Å². The van der Waals surface area contributed by atoms with E-state index < -0.39 is 0 Å². The van der Waals surface area contributed by atoms with E-state index in [1.54, 1.807) is 15.5 Å². The van der Waals surface area contributed by atoms with Crippen molar-refractivity contribution in [2.75, 3.05) is 43.0 Å². The molecule has 0 bridgehead atoms.